The normalized spacial score (nSPS) is 13.2. The number of aliphatic hydroxyl groups excluding tert-OH is 1. The molecule has 5 heteroatoms. The average molecular weight is 216 g/mol. The van der Waals surface area contributed by atoms with Crippen LogP contribution < -0.4 is 0 Å². The van der Waals surface area contributed by atoms with Gasteiger partial charge in [0.15, 0.2) is 5.15 Å². The first-order valence-electron chi connectivity index (χ1n) is 4.42. The summed E-state index contributed by atoms with van der Waals surface area (Å²) in [5.74, 6) is 0. The Morgan fingerprint density at radius 3 is 2.71 bits per heavy atom. The van der Waals surface area contributed by atoms with Crippen molar-refractivity contribution in [2.45, 2.75) is 19.5 Å². The highest BCUT2D eigenvalue weighted by Crippen LogP contribution is 2.05. The zero-order chi connectivity index (χ0) is 10.6. The van der Waals surface area contributed by atoms with Gasteiger partial charge in [-0.3, -0.25) is 4.90 Å². The molecule has 14 heavy (non-hydrogen) atoms. The van der Waals surface area contributed by atoms with Crippen molar-refractivity contribution in [3.8, 4) is 0 Å². The standard InChI is InChI=1S/C9H14ClN3O/c1-7(6-14)13(2)5-8-3-4-9(10)12-11-8/h3-4,7,14H,5-6H2,1-2H3. The number of nitrogens with zero attached hydrogens (tertiary/aromatic N) is 3. The van der Waals surface area contributed by atoms with Crippen LogP contribution >= 0.6 is 11.6 Å². The van der Waals surface area contributed by atoms with Gasteiger partial charge in [-0.1, -0.05) is 11.6 Å². The third-order valence-corrected chi connectivity index (χ3v) is 2.32. The number of aromatic nitrogens is 2. The molecule has 0 fully saturated rings. The van der Waals surface area contributed by atoms with Gasteiger partial charge in [-0.15, -0.1) is 5.10 Å². The summed E-state index contributed by atoms with van der Waals surface area (Å²) in [6.07, 6.45) is 0. The van der Waals surface area contributed by atoms with E-state index in [1.807, 2.05) is 24.9 Å². The molecule has 1 N–H and O–H groups in total. The van der Waals surface area contributed by atoms with Crippen molar-refractivity contribution in [3.05, 3.63) is 23.0 Å². The average Bonchev–Trinajstić information content (AvgIpc) is 2.20. The maximum absolute atomic E-state index is 8.93. The van der Waals surface area contributed by atoms with Gasteiger partial charge >= 0.3 is 0 Å². The van der Waals surface area contributed by atoms with E-state index in [2.05, 4.69) is 10.2 Å². The highest BCUT2D eigenvalue weighted by Gasteiger charge is 2.08. The van der Waals surface area contributed by atoms with E-state index in [1.165, 1.54) is 0 Å². The third kappa shape index (κ3) is 3.21. The molecule has 1 heterocycles. The van der Waals surface area contributed by atoms with Gasteiger partial charge in [0.05, 0.1) is 12.3 Å². The van der Waals surface area contributed by atoms with Crippen LogP contribution in [0.1, 0.15) is 12.6 Å². The highest BCUT2D eigenvalue weighted by molar-refractivity contribution is 6.29. The Balaban J connectivity index is 2.56. The second-order valence-electron chi connectivity index (χ2n) is 3.29. The summed E-state index contributed by atoms with van der Waals surface area (Å²) in [5, 5.41) is 17.0. The van der Waals surface area contributed by atoms with Gasteiger partial charge in [-0.05, 0) is 26.1 Å². The molecule has 0 radical (unpaired) electrons. The molecule has 4 nitrogen and oxygen atoms in total. The van der Waals surface area contributed by atoms with E-state index >= 15 is 0 Å². The fourth-order valence-electron chi connectivity index (χ4n) is 0.979. The van der Waals surface area contributed by atoms with Crippen LogP contribution in [0, 0.1) is 0 Å². The predicted octanol–water partition coefficient (Wildman–Crippen LogP) is 0.943. The molecule has 78 valence electrons. The lowest BCUT2D eigenvalue weighted by Crippen LogP contribution is -2.31. The molecule has 0 saturated carbocycles. The molecule has 1 rings (SSSR count). The Morgan fingerprint density at radius 1 is 1.50 bits per heavy atom. The topological polar surface area (TPSA) is 49.2 Å². The van der Waals surface area contributed by atoms with Crippen molar-refractivity contribution in [2.75, 3.05) is 13.7 Å². The van der Waals surface area contributed by atoms with Crippen LogP contribution in [-0.2, 0) is 6.54 Å². The minimum atomic E-state index is 0.118. The van der Waals surface area contributed by atoms with Gasteiger partial charge in [0.1, 0.15) is 0 Å². The smallest absolute Gasteiger partial charge is 0.151 e. The van der Waals surface area contributed by atoms with E-state index in [0.29, 0.717) is 11.7 Å². The van der Waals surface area contributed by atoms with E-state index in [-0.39, 0.29) is 12.6 Å². The predicted molar refractivity (Wildman–Crippen MR) is 55.1 cm³/mol. The number of aliphatic hydroxyl groups is 1. The molecule has 0 bridgehead atoms. The van der Waals surface area contributed by atoms with Crippen LogP contribution in [0.2, 0.25) is 5.15 Å². The minimum Gasteiger partial charge on any atom is -0.395 e. The molecule has 0 amide bonds. The molecule has 0 aliphatic rings. The van der Waals surface area contributed by atoms with Crippen molar-refractivity contribution >= 4 is 11.6 Å². The van der Waals surface area contributed by atoms with Crippen molar-refractivity contribution < 1.29 is 5.11 Å². The van der Waals surface area contributed by atoms with Gasteiger partial charge in [0.2, 0.25) is 0 Å². The summed E-state index contributed by atoms with van der Waals surface area (Å²) in [4.78, 5) is 2.00. The van der Waals surface area contributed by atoms with Crippen LogP contribution in [0.4, 0.5) is 0 Å². The van der Waals surface area contributed by atoms with Crippen LogP contribution in [0.15, 0.2) is 12.1 Å². The first-order chi connectivity index (χ1) is 6.63. The molecule has 1 atom stereocenters. The van der Waals surface area contributed by atoms with Gasteiger partial charge < -0.3 is 5.11 Å². The summed E-state index contributed by atoms with van der Waals surface area (Å²) in [6, 6.07) is 3.66. The molecule has 1 aromatic heterocycles. The Hall–Kier alpha value is -0.710. The summed E-state index contributed by atoms with van der Waals surface area (Å²) < 4.78 is 0. The van der Waals surface area contributed by atoms with E-state index in [9.17, 15) is 0 Å². The van der Waals surface area contributed by atoms with Crippen molar-refractivity contribution in [1.82, 2.24) is 15.1 Å². The first-order valence-corrected chi connectivity index (χ1v) is 4.80. The van der Waals surface area contributed by atoms with E-state index in [4.69, 9.17) is 16.7 Å². The maximum Gasteiger partial charge on any atom is 0.151 e. The monoisotopic (exact) mass is 215 g/mol. The second-order valence-corrected chi connectivity index (χ2v) is 3.68. The molecule has 0 aromatic carbocycles. The SMILES string of the molecule is CC(CO)N(C)Cc1ccc(Cl)nn1. The van der Waals surface area contributed by atoms with Crippen molar-refractivity contribution in [3.63, 3.8) is 0 Å². The molecule has 0 spiro atoms. The van der Waals surface area contributed by atoms with Gasteiger partial charge in [-0.2, -0.15) is 5.10 Å². The number of halogens is 1. The number of hydrogen-bond donors (Lipinski definition) is 1. The van der Waals surface area contributed by atoms with E-state index in [0.717, 1.165) is 5.69 Å². The minimum absolute atomic E-state index is 0.118. The molecule has 1 unspecified atom stereocenters. The molecular weight excluding hydrogens is 202 g/mol. The fraction of sp³-hybridized carbons (Fsp3) is 0.556. The van der Waals surface area contributed by atoms with Gasteiger partial charge in [0, 0.05) is 12.6 Å². The lowest BCUT2D eigenvalue weighted by atomic mass is 10.3. The second kappa shape index (κ2) is 5.24. The largest absolute Gasteiger partial charge is 0.395 e. The molecule has 0 aliphatic carbocycles. The number of likely N-dealkylation sites (N-methyl/N-ethyl adjacent to an activating group) is 1. The van der Waals surface area contributed by atoms with Crippen molar-refractivity contribution in [2.24, 2.45) is 0 Å². The Kier molecular flexibility index (Phi) is 4.25. The lowest BCUT2D eigenvalue weighted by molar-refractivity contribution is 0.152. The van der Waals surface area contributed by atoms with Crippen LogP contribution in [0.25, 0.3) is 0 Å². The van der Waals surface area contributed by atoms with Crippen LogP contribution in [0.5, 0.6) is 0 Å². The summed E-state index contributed by atoms with van der Waals surface area (Å²) in [6.45, 7) is 2.74. The number of rotatable bonds is 4. The fourth-order valence-corrected chi connectivity index (χ4v) is 1.08. The summed E-state index contributed by atoms with van der Waals surface area (Å²) in [7, 11) is 1.93. The lowest BCUT2D eigenvalue weighted by Gasteiger charge is -2.21. The molecule has 0 aliphatic heterocycles. The van der Waals surface area contributed by atoms with Gasteiger partial charge in [0.25, 0.3) is 0 Å². The summed E-state index contributed by atoms with van der Waals surface area (Å²) in [5.41, 5.74) is 0.845. The Labute approximate surface area is 88.5 Å². The number of hydrogen-bond acceptors (Lipinski definition) is 4. The first kappa shape index (κ1) is 11.4. The molecule has 0 saturated heterocycles. The van der Waals surface area contributed by atoms with E-state index < -0.39 is 0 Å². The third-order valence-electron chi connectivity index (χ3n) is 2.12. The molecular formula is C9H14ClN3O. The zero-order valence-corrected chi connectivity index (χ0v) is 9.07. The van der Waals surface area contributed by atoms with E-state index in [1.54, 1.807) is 6.07 Å². The zero-order valence-electron chi connectivity index (χ0n) is 8.31. The quantitative estimate of drug-likeness (QED) is 0.813. The van der Waals surface area contributed by atoms with Crippen molar-refractivity contribution in [1.29, 1.82) is 0 Å². The summed E-state index contributed by atoms with van der Waals surface area (Å²) >= 11 is 5.61. The highest BCUT2D eigenvalue weighted by atomic mass is 35.5. The Morgan fingerprint density at radius 2 is 2.21 bits per heavy atom. The van der Waals surface area contributed by atoms with Gasteiger partial charge in [-0.25, -0.2) is 0 Å². The van der Waals surface area contributed by atoms with Crippen LogP contribution in [-0.4, -0.2) is 39.9 Å². The van der Waals surface area contributed by atoms with Crippen LogP contribution in [0.3, 0.4) is 0 Å². The Bertz CT molecular complexity index is 278. The molecule has 1 aromatic rings. The maximum atomic E-state index is 8.93.